The summed E-state index contributed by atoms with van der Waals surface area (Å²) in [5, 5.41) is 11.0. The summed E-state index contributed by atoms with van der Waals surface area (Å²) in [4.78, 5) is 23.6. The highest BCUT2D eigenvalue weighted by Crippen LogP contribution is 2.30. The molecule has 3 aliphatic heterocycles. The smallest absolute Gasteiger partial charge is 0.290 e. The fraction of sp³-hybridized carbons (Fsp3) is 0.591. The topological polar surface area (TPSA) is 110 Å². The highest BCUT2D eigenvalue weighted by atomic mass is 32.1. The van der Waals surface area contributed by atoms with Crippen molar-refractivity contribution in [3.63, 3.8) is 0 Å². The number of nitrogens with one attached hydrogen (secondary N) is 1. The van der Waals surface area contributed by atoms with Gasteiger partial charge in [0.05, 0.1) is 24.5 Å². The van der Waals surface area contributed by atoms with Crippen LogP contribution in [-0.2, 0) is 14.3 Å². The van der Waals surface area contributed by atoms with Gasteiger partial charge in [-0.15, -0.1) is 0 Å². The van der Waals surface area contributed by atoms with Crippen LogP contribution in [0.25, 0.3) is 10.1 Å². The average molecular weight is 468 g/mol. The van der Waals surface area contributed by atoms with E-state index in [9.17, 15) is 4.79 Å². The Kier molecular flexibility index (Phi) is 9.66. The van der Waals surface area contributed by atoms with Crippen LogP contribution in [0.4, 0.5) is 0 Å². The van der Waals surface area contributed by atoms with Crippen molar-refractivity contribution in [3.05, 3.63) is 23.9 Å². The van der Waals surface area contributed by atoms with E-state index >= 15 is 0 Å². The van der Waals surface area contributed by atoms with Crippen molar-refractivity contribution in [2.75, 3.05) is 53.2 Å². The summed E-state index contributed by atoms with van der Waals surface area (Å²) < 4.78 is 21.6. The zero-order chi connectivity index (χ0) is 22.8. The Morgan fingerprint density at radius 3 is 2.78 bits per heavy atom. The summed E-state index contributed by atoms with van der Waals surface area (Å²) in [6, 6.07) is 6.06. The number of hydrogen-bond donors (Lipinski definition) is 2. The van der Waals surface area contributed by atoms with Crippen LogP contribution < -0.4 is 10.1 Å². The number of rotatable bonds is 10. The van der Waals surface area contributed by atoms with Crippen molar-refractivity contribution in [2.24, 2.45) is 5.92 Å². The van der Waals surface area contributed by atoms with Crippen LogP contribution in [0, 0.1) is 5.92 Å². The SMILES string of the molecule is COCCOCCCOc1ccc2c(C(=O)N[C@@H]3CN4CCC3CC4)nsc2c1.O=CO.[HH]. The number of piperidine rings is 3. The first-order valence-corrected chi connectivity index (χ1v) is 11.6. The lowest BCUT2D eigenvalue weighted by Gasteiger charge is -2.44. The average Bonchev–Trinajstić information content (AvgIpc) is 3.23. The molecule has 0 unspecified atom stereocenters. The first-order valence-electron chi connectivity index (χ1n) is 10.9. The molecule has 3 saturated heterocycles. The van der Waals surface area contributed by atoms with E-state index in [1.165, 1.54) is 37.5 Å². The van der Waals surface area contributed by atoms with Gasteiger partial charge in [-0.1, -0.05) is 0 Å². The fourth-order valence-corrected chi connectivity index (χ4v) is 4.93. The molecular formula is C22H33N3O6S. The molecule has 178 valence electrons. The summed E-state index contributed by atoms with van der Waals surface area (Å²) in [6.45, 7) is 5.50. The van der Waals surface area contributed by atoms with Crippen LogP contribution in [0.3, 0.4) is 0 Å². The maximum Gasteiger partial charge on any atom is 0.290 e. The molecule has 2 aromatic rings. The zero-order valence-electron chi connectivity index (χ0n) is 18.3. The molecule has 32 heavy (non-hydrogen) atoms. The van der Waals surface area contributed by atoms with Gasteiger partial charge in [0.15, 0.2) is 0 Å². The quantitative estimate of drug-likeness (QED) is 0.405. The molecule has 1 amide bonds. The van der Waals surface area contributed by atoms with Crippen molar-refractivity contribution in [2.45, 2.75) is 25.3 Å². The van der Waals surface area contributed by atoms with Gasteiger partial charge in [0.1, 0.15) is 11.4 Å². The van der Waals surface area contributed by atoms with Crippen molar-refractivity contribution >= 4 is 34.0 Å². The molecule has 0 radical (unpaired) electrons. The van der Waals surface area contributed by atoms with Crippen LogP contribution in [-0.4, -0.2) is 86.0 Å². The molecule has 3 fully saturated rings. The molecule has 1 aromatic carbocycles. The molecule has 0 spiro atoms. The molecular weight excluding hydrogens is 434 g/mol. The Hall–Kier alpha value is -2.27. The normalized spacial score (nSPS) is 21.6. The zero-order valence-corrected chi connectivity index (χ0v) is 19.1. The van der Waals surface area contributed by atoms with Crippen molar-refractivity contribution < 1.29 is 30.3 Å². The summed E-state index contributed by atoms with van der Waals surface area (Å²) in [7, 11) is 1.66. The number of carbonyl (C=O) groups excluding carboxylic acids is 1. The minimum Gasteiger partial charge on any atom is -0.493 e. The summed E-state index contributed by atoms with van der Waals surface area (Å²) >= 11 is 1.35. The fourth-order valence-electron chi connectivity index (χ4n) is 4.13. The number of hydrogen-bond acceptors (Lipinski definition) is 8. The third-order valence-electron chi connectivity index (χ3n) is 5.76. The van der Waals surface area contributed by atoms with Gasteiger partial charge in [0, 0.05) is 39.5 Å². The van der Waals surface area contributed by atoms with E-state index in [-0.39, 0.29) is 19.8 Å². The van der Waals surface area contributed by atoms with Crippen LogP contribution in [0.15, 0.2) is 18.2 Å². The molecule has 3 aliphatic rings. The van der Waals surface area contributed by atoms with E-state index in [0.717, 1.165) is 28.8 Å². The maximum absolute atomic E-state index is 12.8. The first kappa shape index (κ1) is 24.4. The van der Waals surface area contributed by atoms with Gasteiger partial charge in [0.25, 0.3) is 12.4 Å². The number of ether oxygens (including phenoxy) is 3. The molecule has 2 N–H and O–H groups in total. The van der Waals surface area contributed by atoms with Crippen molar-refractivity contribution in [1.29, 1.82) is 0 Å². The number of benzene rings is 1. The summed E-state index contributed by atoms with van der Waals surface area (Å²) in [6.07, 6.45) is 3.18. The second-order valence-electron chi connectivity index (χ2n) is 7.82. The monoisotopic (exact) mass is 467 g/mol. The Morgan fingerprint density at radius 2 is 2.09 bits per heavy atom. The predicted octanol–water partition coefficient (Wildman–Crippen LogP) is 2.50. The Bertz CT molecular complexity index is 875. The van der Waals surface area contributed by atoms with Crippen LogP contribution in [0.1, 0.15) is 31.2 Å². The lowest BCUT2D eigenvalue weighted by atomic mass is 9.84. The highest BCUT2D eigenvalue weighted by molar-refractivity contribution is 7.13. The molecule has 0 saturated carbocycles. The van der Waals surface area contributed by atoms with Crippen LogP contribution in [0.5, 0.6) is 5.75 Å². The lowest BCUT2D eigenvalue weighted by Crippen LogP contribution is -2.57. The lowest BCUT2D eigenvalue weighted by molar-refractivity contribution is -0.122. The summed E-state index contributed by atoms with van der Waals surface area (Å²) in [5.41, 5.74) is 0.527. The Labute approximate surface area is 193 Å². The largest absolute Gasteiger partial charge is 0.493 e. The molecule has 1 aromatic heterocycles. The first-order chi connectivity index (χ1) is 15.7. The molecule has 2 bridgehead atoms. The number of fused-ring (bicyclic) bond motifs is 4. The van der Waals surface area contributed by atoms with Crippen molar-refractivity contribution in [3.8, 4) is 5.75 Å². The minimum atomic E-state index is -0.250. The minimum absolute atomic E-state index is 0. The van der Waals surface area contributed by atoms with Crippen molar-refractivity contribution in [1.82, 2.24) is 14.6 Å². The molecule has 10 heteroatoms. The van der Waals surface area contributed by atoms with E-state index < -0.39 is 0 Å². The van der Waals surface area contributed by atoms with Gasteiger partial charge in [-0.2, -0.15) is 4.37 Å². The second kappa shape index (κ2) is 12.7. The number of methoxy groups -OCH3 is 1. The van der Waals surface area contributed by atoms with Gasteiger partial charge in [-0.05, 0) is 61.6 Å². The van der Waals surface area contributed by atoms with Gasteiger partial charge >= 0.3 is 0 Å². The van der Waals surface area contributed by atoms with E-state index in [4.69, 9.17) is 24.1 Å². The molecule has 5 rings (SSSR count). The maximum atomic E-state index is 12.8. The molecule has 4 heterocycles. The van der Waals surface area contributed by atoms with Gasteiger partial charge in [-0.3, -0.25) is 9.59 Å². The highest BCUT2D eigenvalue weighted by Gasteiger charge is 2.35. The number of amides is 1. The number of nitrogens with zero attached hydrogens (tertiary/aromatic N) is 2. The van der Waals surface area contributed by atoms with Gasteiger partial charge in [0.2, 0.25) is 0 Å². The van der Waals surface area contributed by atoms with E-state index in [0.29, 0.717) is 38.0 Å². The van der Waals surface area contributed by atoms with Crippen LogP contribution >= 0.6 is 11.5 Å². The molecule has 9 nitrogen and oxygen atoms in total. The number of carboxylic acid groups (broad SMARTS) is 1. The predicted molar refractivity (Wildman–Crippen MR) is 124 cm³/mol. The summed E-state index contributed by atoms with van der Waals surface area (Å²) in [5.74, 6) is 1.34. The number of carbonyl (C=O) groups is 2. The third-order valence-corrected chi connectivity index (χ3v) is 6.57. The molecule has 0 aliphatic carbocycles. The van der Waals surface area contributed by atoms with E-state index in [2.05, 4.69) is 14.6 Å². The standard InChI is InChI=1S/C21H29N3O4S.CH2O2.H2/c1-26-11-12-27-9-2-10-28-16-3-4-17-19(13-16)29-23-20(17)21(25)22-18-14-24-7-5-15(18)6-8-24;2-1-3;/h3-4,13,15,18H,2,5-12,14H2,1H3,(H,22,25);1H,(H,2,3);1H/t18-;;/m1../s1. The van der Waals surface area contributed by atoms with Gasteiger partial charge < -0.3 is 29.5 Å². The Balaban J connectivity index is 0.000000914. The van der Waals surface area contributed by atoms with E-state index in [1.807, 2.05) is 18.2 Å². The Morgan fingerprint density at radius 1 is 1.31 bits per heavy atom. The van der Waals surface area contributed by atoms with Crippen LogP contribution in [0.2, 0.25) is 0 Å². The molecule has 1 atom stereocenters. The third kappa shape index (κ3) is 6.61. The second-order valence-corrected chi connectivity index (χ2v) is 8.62. The van der Waals surface area contributed by atoms with E-state index in [1.54, 1.807) is 7.11 Å². The number of aromatic nitrogens is 1. The van der Waals surface area contributed by atoms with Gasteiger partial charge in [-0.25, -0.2) is 0 Å².